The van der Waals surface area contributed by atoms with Crippen LogP contribution in [-0.4, -0.2) is 68.0 Å². The van der Waals surface area contributed by atoms with E-state index in [9.17, 15) is 4.79 Å². The molecule has 0 aliphatic carbocycles. The Bertz CT molecular complexity index is 1090. The van der Waals surface area contributed by atoms with E-state index < -0.39 is 5.97 Å². The zero-order chi connectivity index (χ0) is 21.3. The van der Waals surface area contributed by atoms with Crippen LogP contribution in [0.25, 0.3) is 22.4 Å². The van der Waals surface area contributed by atoms with Crippen LogP contribution in [0.2, 0.25) is 5.02 Å². The van der Waals surface area contributed by atoms with Crippen molar-refractivity contribution in [3.8, 4) is 23.1 Å². The Labute approximate surface area is 189 Å². The number of carbonyl (C=O) groups excluding carboxylic acids is 1. The molecule has 0 amide bonds. The van der Waals surface area contributed by atoms with Crippen LogP contribution in [0.15, 0.2) is 18.2 Å². The van der Waals surface area contributed by atoms with Gasteiger partial charge in [0.25, 0.3) is 0 Å². The third kappa shape index (κ3) is 4.32. The van der Waals surface area contributed by atoms with Gasteiger partial charge in [-0.05, 0) is 0 Å². The molecular formula is C18H18BClIN6O3-. The molecule has 156 valence electrons. The second-order valence-electron chi connectivity index (χ2n) is 6.55. The Balaban J connectivity index is 1.67. The number of nitrogens with zero attached hydrogens (tertiary/aromatic N) is 5. The molecular weight excluding hydrogens is 521 g/mol. The summed E-state index contributed by atoms with van der Waals surface area (Å²) in [6.07, 6.45) is 0. The summed E-state index contributed by atoms with van der Waals surface area (Å²) >= 11 is 6.11. The van der Waals surface area contributed by atoms with Crippen molar-refractivity contribution in [2.75, 3.05) is 38.2 Å². The summed E-state index contributed by atoms with van der Waals surface area (Å²) in [7, 11) is 1.56. The number of methoxy groups -OCH3 is 1. The van der Waals surface area contributed by atoms with Gasteiger partial charge in [-0.15, -0.1) is 0 Å². The number of halogens is 2. The van der Waals surface area contributed by atoms with Crippen LogP contribution in [0.3, 0.4) is 0 Å². The normalized spacial score (nSPS) is 15.0. The van der Waals surface area contributed by atoms with Gasteiger partial charge in [-0.2, -0.15) is 0 Å². The van der Waals surface area contributed by atoms with Crippen LogP contribution < -0.4 is 35.6 Å². The summed E-state index contributed by atoms with van der Waals surface area (Å²) in [5.41, 5.74) is 7.89. The fraction of sp³-hybridized carbons (Fsp3) is 0.333. The average Bonchev–Trinajstić information content (AvgIpc) is 3.13. The number of nitrogens with one attached hydrogen (secondary N) is 1. The average molecular weight is 540 g/mol. The molecule has 0 bridgehead atoms. The Kier molecular flexibility index (Phi) is 6.30. The molecule has 12 heteroatoms. The molecule has 0 saturated carbocycles. The number of imidazole rings is 1. The summed E-state index contributed by atoms with van der Waals surface area (Å²) in [6, 6.07) is 5.57. The van der Waals surface area contributed by atoms with E-state index >= 15 is 0 Å². The molecule has 30 heavy (non-hydrogen) atoms. The van der Waals surface area contributed by atoms with Gasteiger partial charge in [0.2, 0.25) is 0 Å². The van der Waals surface area contributed by atoms with Gasteiger partial charge in [0.15, 0.2) is 0 Å². The molecule has 3 aromatic rings. The van der Waals surface area contributed by atoms with Crippen LogP contribution >= 0.6 is 11.6 Å². The number of ether oxygens (including phenoxy) is 2. The number of anilines is 1. The van der Waals surface area contributed by atoms with Gasteiger partial charge in [0.05, 0.1) is 0 Å². The van der Waals surface area contributed by atoms with Crippen LogP contribution in [0.1, 0.15) is 6.92 Å². The Morgan fingerprint density at radius 1 is 1.23 bits per heavy atom. The molecule has 0 unspecified atom stereocenters. The zero-order valence-corrected chi connectivity index (χ0v) is 19.3. The van der Waals surface area contributed by atoms with Crippen LogP contribution in [0, 0.1) is 0 Å². The van der Waals surface area contributed by atoms with Gasteiger partial charge in [0, 0.05) is 6.92 Å². The first-order valence-corrected chi connectivity index (χ1v) is 11.7. The fourth-order valence-corrected chi connectivity index (χ4v) is 4.46. The van der Waals surface area contributed by atoms with E-state index in [-0.39, 0.29) is 27.3 Å². The standard InChI is InChI=1S/C18H18BClIN6O3/c1-10(28)30-18-22-13-9-12(20)15(24-16(13)25-18)11-3-4-14(23-17(11)29-2)26-5-7-27(21-19)8-6-26/h3-4,9H,5-8H2,1-2H3,(H,22,24,25)/q-1. The van der Waals surface area contributed by atoms with Gasteiger partial charge in [-0.1, -0.05) is 0 Å². The molecule has 1 aliphatic rings. The maximum absolute atomic E-state index is 11.2. The number of hydrogen-bond acceptors (Lipinski definition) is 8. The van der Waals surface area contributed by atoms with Crippen LogP contribution in [0.5, 0.6) is 11.9 Å². The number of carbonyl (C=O) groups is 1. The second kappa shape index (κ2) is 8.94. The first kappa shape index (κ1) is 21.1. The first-order valence-electron chi connectivity index (χ1n) is 9.12. The fourth-order valence-electron chi connectivity index (χ4n) is 3.22. The Morgan fingerprint density at radius 2 is 2.00 bits per heavy atom. The molecule has 4 rings (SSSR count). The molecule has 1 aliphatic heterocycles. The van der Waals surface area contributed by atoms with Crippen molar-refractivity contribution < 1.29 is 35.5 Å². The Hall–Kier alpha value is -2.12. The first-order chi connectivity index (χ1) is 14.5. The third-order valence-electron chi connectivity index (χ3n) is 4.63. The number of pyridine rings is 2. The summed E-state index contributed by atoms with van der Waals surface area (Å²) in [5.74, 6) is 0.779. The molecule has 1 saturated heterocycles. The number of piperazine rings is 1. The van der Waals surface area contributed by atoms with E-state index in [1.165, 1.54) is 6.92 Å². The molecule has 1 N–H and O–H groups in total. The van der Waals surface area contributed by atoms with Crippen molar-refractivity contribution in [3.63, 3.8) is 0 Å². The van der Waals surface area contributed by atoms with Crippen molar-refractivity contribution in [2.45, 2.75) is 6.92 Å². The second-order valence-corrected chi connectivity index (χ2v) is 8.88. The molecule has 0 atom stereocenters. The van der Waals surface area contributed by atoms with Gasteiger partial charge in [-0.25, -0.2) is 0 Å². The van der Waals surface area contributed by atoms with Crippen molar-refractivity contribution >= 4 is 40.3 Å². The van der Waals surface area contributed by atoms with E-state index in [0.717, 1.165) is 32.0 Å². The van der Waals surface area contributed by atoms with Gasteiger partial charge < -0.3 is 9.72 Å². The van der Waals surface area contributed by atoms with E-state index in [0.29, 0.717) is 33.3 Å². The molecule has 3 aromatic heterocycles. The van der Waals surface area contributed by atoms with Crippen LogP contribution in [0.4, 0.5) is 5.82 Å². The predicted octanol–water partition coefficient (Wildman–Crippen LogP) is -1.18. The van der Waals surface area contributed by atoms with E-state index in [1.807, 2.05) is 12.1 Å². The predicted molar refractivity (Wildman–Crippen MR) is 110 cm³/mol. The molecule has 1 fully saturated rings. The van der Waals surface area contributed by atoms with Crippen molar-refractivity contribution in [1.82, 2.24) is 23.0 Å². The van der Waals surface area contributed by atoms with E-state index in [2.05, 4.69) is 27.9 Å². The molecule has 0 spiro atoms. The molecule has 4 heterocycles. The van der Waals surface area contributed by atoms with Crippen molar-refractivity contribution in [2.24, 2.45) is 0 Å². The third-order valence-corrected chi connectivity index (χ3v) is 6.67. The number of H-pyrrole nitrogens is 1. The molecule has 2 radical (unpaired) electrons. The Morgan fingerprint density at radius 3 is 2.67 bits per heavy atom. The van der Waals surface area contributed by atoms with E-state index in [1.54, 1.807) is 13.2 Å². The monoisotopic (exact) mass is 539 g/mol. The van der Waals surface area contributed by atoms with Gasteiger partial charge >= 0.3 is 169 Å². The number of esters is 1. The summed E-state index contributed by atoms with van der Waals surface area (Å²) in [6.45, 7) is 4.90. The van der Waals surface area contributed by atoms with Gasteiger partial charge in [0.1, 0.15) is 0 Å². The summed E-state index contributed by atoms with van der Waals surface area (Å²) in [4.78, 5) is 29.6. The zero-order valence-electron chi connectivity index (χ0n) is 16.4. The quantitative estimate of drug-likeness (QED) is 0.187. The topological polar surface area (TPSA) is 96.5 Å². The van der Waals surface area contributed by atoms with Crippen LogP contribution in [-0.2, 0) is 4.79 Å². The number of aromatic nitrogens is 4. The number of hydrogen-bond donors (Lipinski definition) is 1. The van der Waals surface area contributed by atoms with E-state index in [4.69, 9.17) is 26.8 Å². The number of rotatable bonds is 5. The molecule has 9 nitrogen and oxygen atoms in total. The summed E-state index contributed by atoms with van der Waals surface area (Å²) < 4.78 is 12.8. The molecule has 0 aromatic carbocycles. The minimum atomic E-state index is -0.476. The minimum absolute atomic E-state index is 0.0673. The summed E-state index contributed by atoms with van der Waals surface area (Å²) in [5, 5.41) is 0.397. The van der Waals surface area contributed by atoms with Crippen molar-refractivity contribution in [3.05, 3.63) is 23.2 Å². The number of aromatic amines is 1. The van der Waals surface area contributed by atoms with Crippen molar-refractivity contribution in [1.29, 1.82) is 0 Å². The maximum atomic E-state index is 11.2. The number of fused-ring (bicyclic) bond motifs is 1. The van der Waals surface area contributed by atoms with Gasteiger partial charge in [-0.3, -0.25) is 4.79 Å². The SMILES string of the molecule is [B][I-]N1CCN(c2ccc(-c3nc4nc(OC(C)=O)[nH]c4cc3Cl)c(OC)n2)CC1.